The molecule has 1 atom stereocenters. The minimum atomic E-state index is -0.343. The first kappa shape index (κ1) is 16.8. The van der Waals surface area contributed by atoms with Crippen LogP contribution in [-0.2, 0) is 9.53 Å². The van der Waals surface area contributed by atoms with Crippen LogP contribution in [0.25, 0.3) is 0 Å². The number of carbonyl (C=O) groups excluding carboxylic acids is 1. The number of rotatable bonds is 7. The summed E-state index contributed by atoms with van der Waals surface area (Å²) in [5, 5.41) is 10.0. The second-order valence-electron chi connectivity index (χ2n) is 5.62. The number of carbonyl (C=O) groups is 1. The fourth-order valence-corrected chi connectivity index (χ4v) is 2.38. The smallest absolute Gasteiger partial charge is 0.337 e. The summed E-state index contributed by atoms with van der Waals surface area (Å²) in [7, 11) is 0. The second kappa shape index (κ2) is 8.83. The van der Waals surface area contributed by atoms with E-state index in [1.165, 1.54) is 18.4 Å². The predicted molar refractivity (Wildman–Crippen MR) is 81.5 cm³/mol. The number of allylic oxidation sites excluding steroid dienone is 3. The highest BCUT2D eigenvalue weighted by molar-refractivity contribution is 5.89. The van der Waals surface area contributed by atoms with Crippen molar-refractivity contribution >= 4 is 5.97 Å². The molecule has 0 aromatic carbocycles. The molecule has 0 aromatic heterocycles. The van der Waals surface area contributed by atoms with Crippen molar-refractivity contribution in [1.29, 1.82) is 0 Å². The van der Waals surface area contributed by atoms with Crippen LogP contribution in [0.4, 0.5) is 0 Å². The average molecular weight is 280 g/mol. The minimum Gasteiger partial charge on any atom is -0.512 e. The van der Waals surface area contributed by atoms with Crippen LogP contribution in [0.5, 0.6) is 0 Å². The van der Waals surface area contributed by atoms with Crippen molar-refractivity contribution < 1.29 is 14.6 Å². The molecule has 3 heteroatoms. The molecule has 0 aliphatic heterocycles. The molecule has 0 radical (unpaired) electrons. The zero-order valence-electron chi connectivity index (χ0n) is 13.1. The van der Waals surface area contributed by atoms with Gasteiger partial charge < -0.3 is 9.84 Å². The van der Waals surface area contributed by atoms with Crippen molar-refractivity contribution in [2.24, 2.45) is 5.92 Å². The van der Waals surface area contributed by atoms with E-state index in [9.17, 15) is 9.90 Å². The Hall–Kier alpha value is -1.25. The zero-order valence-corrected chi connectivity index (χ0v) is 13.1. The van der Waals surface area contributed by atoms with Crippen molar-refractivity contribution in [3.05, 3.63) is 23.0 Å². The van der Waals surface area contributed by atoms with E-state index in [2.05, 4.69) is 26.8 Å². The normalized spacial score (nSPS) is 21.4. The number of unbranched alkanes of at least 4 members (excludes halogenated alkanes) is 3. The molecule has 0 amide bonds. The van der Waals surface area contributed by atoms with Gasteiger partial charge >= 0.3 is 5.97 Å². The highest BCUT2D eigenvalue weighted by Crippen LogP contribution is 2.33. The van der Waals surface area contributed by atoms with Crippen LogP contribution >= 0.6 is 0 Å². The quantitative estimate of drug-likeness (QED) is 0.418. The number of hydrogen-bond donors (Lipinski definition) is 1. The van der Waals surface area contributed by atoms with Gasteiger partial charge in [0, 0.05) is 12.8 Å². The lowest BCUT2D eigenvalue weighted by atomic mass is 9.84. The van der Waals surface area contributed by atoms with Gasteiger partial charge in [-0.2, -0.15) is 0 Å². The number of hydrogen-bond acceptors (Lipinski definition) is 3. The summed E-state index contributed by atoms with van der Waals surface area (Å²) in [4.78, 5) is 12.0. The van der Waals surface area contributed by atoms with Gasteiger partial charge in [-0.25, -0.2) is 4.79 Å². The summed E-state index contributed by atoms with van der Waals surface area (Å²) in [6, 6.07) is 0. The number of aliphatic hydroxyl groups excluding tert-OH is 1. The molecule has 1 aliphatic rings. The van der Waals surface area contributed by atoms with Crippen LogP contribution in [0, 0.1) is 5.92 Å². The first-order valence-corrected chi connectivity index (χ1v) is 7.87. The van der Waals surface area contributed by atoms with E-state index >= 15 is 0 Å². The molecule has 114 valence electrons. The van der Waals surface area contributed by atoms with Crippen molar-refractivity contribution in [1.82, 2.24) is 0 Å². The summed E-state index contributed by atoms with van der Waals surface area (Å²) in [5.74, 6) is 0.190. The van der Waals surface area contributed by atoms with Gasteiger partial charge in [-0.3, -0.25) is 0 Å². The van der Waals surface area contributed by atoms with Crippen molar-refractivity contribution in [3.63, 3.8) is 0 Å². The molecule has 0 bridgehead atoms. The fraction of sp³-hybridized carbons (Fsp3) is 0.706. The van der Waals surface area contributed by atoms with Gasteiger partial charge in [0.15, 0.2) is 0 Å². The van der Waals surface area contributed by atoms with Crippen molar-refractivity contribution in [2.75, 3.05) is 6.61 Å². The molecule has 0 aromatic rings. The molecule has 0 saturated heterocycles. The van der Waals surface area contributed by atoms with Crippen LogP contribution in [-0.4, -0.2) is 17.7 Å². The lowest BCUT2D eigenvalue weighted by molar-refractivity contribution is -0.139. The Labute approximate surface area is 122 Å². The van der Waals surface area contributed by atoms with E-state index in [0.29, 0.717) is 30.9 Å². The number of aliphatic hydroxyl groups is 1. The Morgan fingerprint density at radius 3 is 2.70 bits per heavy atom. The van der Waals surface area contributed by atoms with Gasteiger partial charge in [0.2, 0.25) is 0 Å². The van der Waals surface area contributed by atoms with E-state index in [4.69, 9.17) is 4.74 Å². The average Bonchev–Trinajstić information content (AvgIpc) is 2.41. The largest absolute Gasteiger partial charge is 0.512 e. The Kier molecular flexibility index (Phi) is 7.42. The third-order valence-electron chi connectivity index (χ3n) is 3.80. The van der Waals surface area contributed by atoms with Crippen LogP contribution in [0.1, 0.15) is 65.7 Å². The third-order valence-corrected chi connectivity index (χ3v) is 3.80. The topological polar surface area (TPSA) is 46.5 Å². The molecule has 0 spiro atoms. The molecule has 1 rings (SSSR count). The van der Waals surface area contributed by atoms with Gasteiger partial charge in [0.25, 0.3) is 0 Å². The van der Waals surface area contributed by atoms with Gasteiger partial charge in [-0.1, -0.05) is 51.7 Å². The predicted octanol–water partition coefficient (Wildman–Crippen LogP) is 4.69. The Balaban J connectivity index is 2.67. The first-order valence-electron chi connectivity index (χ1n) is 7.87. The van der Waals surface area contributed by atoms with Gasteiger partial charge in [0.1, 0.15) is 5.76 Å². The van der Waals surface area contributed by atoms with E-state index in [1.54, 1.807) is 0 Å². The summed E-state index contributed by atoms with van der Waals surface area (Å²) >= 11 is 0. The lowest BCUT2D eigenvalue weighted by Gasteiger charge is -2.24. The third kappa shape index (κ3) is 5.03. The van der Waals surface area contributed by atoms with E-state index in [0.717, 1.165) is 19.3 Å². The van der Waals surface area contributed by atoms with E-state index in [-0.39, 0.29) is 11.7 Å². The summed E-state index contributed by atoms with van der Waals surface area (Å²) in [5.41, 5.74) is 1.72. The number of esters is 1. The maximum Gasteiger partial charge on any atom is 0.337 e. The molecule has 1 aliphatic carbocycles. The maximum atomic E-state index is 12.0. The summed E-state index contributed by atoms with van der Waals surface area (Å²) in [6.07, 6.45) is 8.59. The molecule has 0 saturated carbocycles. The number of ether oxygens (including phenoxy) is 1. The maximum absolute atomic E-state index is 12.0. The minimum absolute atomic E-state index is 0.214. The Bertz CT molecular complexity index is 380. The van der Waals surface area contributed by atoms with Gasteiger partial charge in [-0.05, 0) is 18.8 Å². The highest BCUT2D eigenvalue weighted by atomic mass is 16.5. The molecule has 1 unspecified atom stereocenters. The van der Waals surface area contributed by atoms with Crippen molar-refractivity contribution in [3.8, 4) is 0 Å². The first-order chi connectivity index (χ1) is 9.60. The van der Waals surface area contributed by atoms with Crippen LogP contribution in [0.15, 0.2) is 23.0 Å². The van der Waals surface area contributed by atoms with Gasteiger partial charge in [-0.15, -0.1) is 0 Å². The molecule has 0 heterocycles. The van der Waals surface area contributed by atoms with E-state index < -0.39 is 0 Å². The summed E-state index contributed by atoms with van der Waals surface area (Å²) in [6.45, 7) is 6.77. The lowest BCUT2D eigenvalue weighted by Crippen LogP contribution is -2.19. The SMILES string of the molecule is CCCC/C=C1/CC(C(=O)OCCCC)=C(O)CC1C. The Morgan fingerprint density at radius 2 is 2.05 bits per heavy atom. The molecule has 1 N–H and O–H groups in total. The van der Waals surface area contributed by atoms with E-state index in [1.807, 2.05) is 0 Å². The van der Waals surface area contributed by atoms with Crippen LogP contribution in [0.3, 0.4) is 0 Å². The standard InChI is InChI=1S/C17H28O3/c1-4-6-8-9-14-12-15(16(18)11-13(14)3)17(19)20-10-7-5-2/h9,13,18H,4-8,10-12H2,1-3H3/b14-9-. The molecular weight excluding hydrogens is 252 g/mol. The summed E-state index contributed by atoms with van der Waals surface area (Å²) < 4.78 is 5.22. The molecule has 0 fully saturated rings. The molecule has 20 heavy (non-hydrogen) atoms. The monoisotopic (exact) mass is 280 g/mol. The molecule has 3 nitrogen and oxygen atoms in total. The van der Waals surface area contributed by atoms with Crippen LogP contribution < -0.4 is 0 Å². The Morgan fingerprint density at radius 1 is 1.35 bits per heavy atom. The van der Waals surface area contributed by atoms with Crippen molar-refractivity contribution in [2.45, 2.75) is 65.7 Å². The van der Waals surface area contributed by atoms with Crippen LogP contribution in [0.2, 0.25) is 0 Å². The molecular formula is C17H28O3. The highest BCUT2D eigenvalue weighted by Gasteiger charge is 2.26. The van der Waals surface area contributed by atoms with Gasteiger partial charge in [0.05, 0.1) is 12.2 Å². The fourth-order valence-electron chi connectivity index (χ4n) is 2.38. The zero-order chi connectivity index (χ0) is 15.0. The second-order valence-corrected chi connectivity index (χ2v) is 5.62.